The molecule has 0 saturated heterocycles. The van der Waals surface area contributed by atoms with Gasteiger partial charge in [0, 0.05) is 16.6 Å². The molecule has 0 radical (unpaired) electrons. The van der Waals surface area contributed by atoms with E-state index in [4.69, 9.17) is 12.2 Å². The topological polar surface area (TPSA) is 24.1 Å². The molecule has 4 heteroatoms. The lowest BCUT2D eigenvalue weighted by Gasteiger charge is -2.30. The molecule has 2 N–H and O–H groups in total. The van der Waals surface area contributed by atoms with Crippen LogP contribution in [0.3, 0.4) is 0 Å². The molecule has 0 amide bonds. The Kier molecular flexibility index (Phi) is 5.52. The molecular weight excluding hydrogens is 272 g/mol. The second-order valence-electron chi connectivity index (χ2n) is 5.20. The van der Waals surface area contributed by atoms with Crippen molar-refractivity contribution >= 4 is 34.8 Å². The van der Waals surface area contributed by atoms with Crippen molar-refractivity contribution in [1.29, 1.82) is 0 Å². The second-order valence-corrected chi connectivity index (χ2v) is 6.49. The zero-order valence-electron chi connectivity index (χ0n) is 11.6. The van der Waals surface area contributed by atoms with Crippen molar-refractivity contribution in [3.63, 3.8) is 0 Å². The van der Waals surface area contributed by atoms with Gasteiger partial charge in [-0.05, 0) is 55.4 Å². The molecule has 104 valence electrons. The summed E-state index contributed by atoms with van der Waals surface area (Å²) < 4.78 is 0. The molecule has 0 aromatic heterocycles. The van der Waals surface area contributed by atoms with Crippen LogP contribution in [0.15, 0.2) is 29.2 Å². The summed E-state index contributed by atoms with van der Waals surface area (Å²) in [6.45, 7) is 2.31. The van der Waals surface area contributed by atoms with Crippen LogP contribution in [0.4, 0.5) is 5.69 Å². The number of thiocarbonyl (C=S) groups is 1. The van der Waals surface area contributed by atoms with Crippen LogP contribution >= 0.6 is 24.0 Å². The van der Waals surface area contributed by atoms with Crippen LogP contribution in [0.25, 0.3) is 0 Å². The van der Waals surface area contributed by atoms with E-state index in [2.05, 4.69) is 48.1 Å². The van der Waals surface area contributed by atoms with Gasteiger partial charge < -0.3 is 10.6 Å². The fourth-order valence-corrected chi connectivity index (χ4v) is 3.30. The number of benzene rings is 1. The first kappa shape index (κ1) is 14.7. The molecule has 1 aliphatic rings. The quantitative estimate of drug-likeness (QED) is 0.642. The summed E-state index contributed by atoms with van der Waals surface area (Å²) in [5.74, 6) is 0.714. The van der Waals surface area contributed by atoms with Gasteiger partial charge in [-0.25, -0.2) is 0 Å². The first-order valence-corrected chi connectivity index (χ1v) is 8.54. The molecule has 2 atom stereocenters. The first-order chi connectivity index (χ1) is 9.19. The SMILES string of the molecule is CSc1cccc(NC(=S)N[C@H]2CCCC[C@@H]2C)c1. The highest BCUT2D eigenvalue weighted by atomic mass is 32.2. The Bertz CT molecular complexity index is 434. The number of rotatable bonds is 3. The van der Waals surface area contributed by atoms with Crippen LogP contribution in [0.2, 0.25) is 0 Å². The lowest BCUT2D eigenvalue weighted by Crippen LogP contribution is -2.43. The highest BCUT2D eigenvalue weighted by Crippen LogP contribution is 2.24. The van der Waals surface area contributed by atoms with Crippen LogP contribution in [0.5, 0.6) is 0 Å². The average molecular weight is 294 g/mol. The summed E-state index contributed by atoms with van der Waals surface area (Å²) in [4.78, 5) is 1.25. The molecule has 1 aromatic carbocycles. The lowest BCUT2D eigenvalue weighted by molar-refractivity contribution is 0.309. The molecule has 0 unspecified atom stereocenters. The predicted molar refractivity (Wildman–Crippen MR) is 89.0 cm³/mol. The van der Waals surface area contributed by atoms with Gasteiger partial charge in [0.2, 0.25) is 0 Å². The molecule has 0 heterocycles. The number of hydrogen-bond donors (Lipinski definition) is 2. The maximum absolute atomic E-state index is 5.42. The molecule has 1 saturated carbocycles. The number of anilines is 1. The van der Waals surface area contributed by atoms with Crippen molar-refractivity contribution in [2.45, 2.75) is 43.5 Å². The third kappa shape index (κ3) is 4.39. The number of thioether (sulfide) groups is 1. The molecule has 0 aliphatic heterocycles. The minimum absolute atomic E-state index is 0.525. The van der Waals surface area contributed by atoms with Gasteiger partial charge in [-0.3, -0.25) is 0 Å². The molecule has 19 heavy (non-hydrogen) atoms. The van der Waals surface area contributed by atoms with Crippen molar-refractivity contribution in [2.75, 3.05) is 11.6 Å². The zero-order valence-corrected chi connectivity index (χ0v) is 13.2. The number of hydrogen-bond acceptors (Lipinski definition) is 2. The molecule has 1 fully saturated rings. The van der Waals surface area contributed by atoms with Crippen LogP contribution in [-0.4, -0.2) is 17.4 Å². The van der Waals surface area contributed by atoms with E-state index in [0.717, 1.165) is 10.8 Å². The Balaban J connectivity index is 1.89. The summed E-state index contributed by atoms with van der Waals surface area (Å²) in [7, 11) is 0. The van der Waals surface area contributed by atoms with E-state index in [1.165, 1.54) is 30.6 Å². The van der Waals surface area contributed by atoms with E-state index < -0.39 is 0 Å². The molecule has 1 aliphatic carbocycles. The Labute approximate surface area is 125 Å². The fraction of sp³-hybridized carbons (Fsp3) is 0.533. The van der Waals surface area contributed by atoms with E-state index in [1.54, 1.807) is 11.8 Å². The highest BCUT2D eigenvalue weighted by molar-refractivity contribution is 7.98. The minimum Gasteiger partial charge on any atom is -0.359 e. The molecule has 0 bridgehead atoms. The molecule has 2 rings (SSSR count). The monoisotopic (exact) mass is 294 g/mol. The van der Waals surface area contributed by atoms with Gasteiger partial charge in [-0.15, -0.1) is 11.8 Å². The molecule has 1 aromatic rings. The largest absolute Gasteiger partial charge is 0.359 e. The maximum atomic E-state index is 5.42. The lowest BCUT2D eigenvalue weighted by atomic mass is 9.86. The van der Waals surface area contributed by atoms with Gasteiger partial charge >= 0.3 is 0 Å². The first-order valence-electron chi connectivity index (χ1n) is 6.90. The Morgan fingerprint density at radius 1 is 1.32 bits per heavy atom. The van der Waals surface area contributed by atoms with Crippen LogP contribution in [0, 0.1) is 5.92 Å². The van der Waals surface area contributed by atoms with Crippen molar-refractivity contribution in [3.8, 4) is 0 Å². The Morgan fingerprint density at radius 2 is 2.11 bits per heavy atom. The van der Waals surface area contributed by atoms with Gasteiger partial charge in [0.25, 0.3) is 0 Å². The highest BCUT2D eigenvalue weighted by Gasteiger charge is 2.21. The number of nitrogens with one attached hydrogen (secondary N) is 2. The molecular formula is C15H22N2S2. The summed E-state index contributed by atoms with van der Waals surface area (Å²) >= 11 is 7.16. The van der Waals surface area contributed by atoms with E-state index >= 15 is 0 Å². The predicted octanol–water partition coefficient (Wildman–Crippen LogP) is 4.27. The van der Waals surface area contributed by atoms with Crippen molar-refractivity contribution < 1.29 is 0 Å². The zero-order chi connectivity index (χ0) is 13.7. The third-order valence-electron chi connectivity index (χ3n) is 3.76. The summed E-state index contributed by atoms with van der Waals surface area (Å²) in [6.07, 6.45) is 7.29. The molecule has 0 spiro atoms. The normalized spacial score (nSPS) is 22.8. The summed E-state index contributed by atoms with van der Waals surface area (Å²) in [5, 5.41) is 7.51. The van der Waals surface area contributed by atoms with Gasteiger partial charge in [0.1, 0.15) is 0 Å². The van der Waals surface area contributed by atoms with Crippen LogP contribution in [0.1, 0.15) is 32.6 Å². The van der Waals surface area contributed by atoms with E-state index in [9.17, 15) is 0 Å². The Morgan fingerprint density at radius 3 is 2.84 bits per heavy atom. The van der Waals surface area contributed by atoms with Crippen molar-refractivity contribution in [2.24, 2.45) is 5.92 Å². The van der Waals surface area contributed by atoms with Crippen LogP contribution < -0.4 is 10.6 Å². The van der Waals surface area contributed by atoms with E-state index in [-0.39, 0.29) is 0 Å². The smallest absolute Gasteiger partial charge is 0.171 e. The van der Waals surface area contributed by atoms with Gasteiger partial charge in [0.15, 0.2) is 5.11 Å². The van der Waals surface area contributed by atoms with E-state index in [0.29, 0.717) is 12.0 Å². The minimum atomic E-state index is 0.525. The van der Waals surface area contributed by atoms with Gasteiger partial charge in [-0.2, -0.15) is 0 Å². The third-order valence-corrected chi connectivity index (χ3v) is 4.70. The summed E-state index contributed by atoms with van der Waals surface area (Å²) in [5.41, 5.74) is 1.06. The standard InChI is InChI=1S/C15H22N2S2/c1-11-6-3-4-9-14(11)17-15(18)16-12-7-5-8-13(10-12)19-2/h5,7-8,10-11,14H,3-4,6,9H2,1-2H3,(H2,16,17,18)/t11-,14-/m0/s1. The van der Waals surface area contributed by atoms with Crippen molar-refractivity contribution in [1.82, 2.24) is 5.32 Å². The summed E-state index contributed by atoms with van der Waals surface area (Å²) in [6, 6.07) is 8.87. The van der Waals surface area contributed by atoms with Gasteiger partial charge in [-0.1, -0.05) is 25.8 Å². The van der Waals surface area contributed by atoms with Gasteiger partial charge in [0.05, 0.1) is 0 Å². The fourth-order valence-electron chi connectivity index (χ4n) is 2.57. The molecule has 2 nitrogen and oxygen atoms in total. The second kappa shape index (κ2) is 7.15. The van der Waals surface area contributed by atoms with Crippen molar-refractivity contribution in [3.05, 3.63) is 24.3 Å². The van der Waals surface area contributed by atoms with E-state index in [1.807, 2.05) is 0 Å². The average Bonchev–Trinajstić information content (AvgIpc) is 2.41. The Hall–Kier alpha value is -0.740. The van der Waals surface area contributed by atoms with Crippen LogP contribution in [-0.2, 0) is 0 Å². The maximum Gasteiger partial charge on any atom is 0.171 e.